The van der Waals surface area contributed by atoms with Crippen LogP contribution in [0, 0.1) is 11.8 Å². The van der Waals surface area contributed by atoms with E-state index in [0.717, 1.165) is 32.2 Å². The Bertz CT molecular complexity index is 674. The lowest BCUT2D eigenvalue weighted by atomic mass is 9.95. The quantitative estimate of drug-likeness (QED) is 0.468. The highest BCUT2D eigenvalue weighted by molar-refractivity contribution is 5.90. The van der Waals surface area contributed by atoms with E-state index >= 15 is 0 Å². The second kappa shape index (κ2) is 13.0. The lowest BCUT2D eigenvalue weighted by molar-refractivity contribution is -0.139. The summed E-state index contributed by atoms with van der Waals surface area (Å²) in [6, 6.07) is -0.881. The molecule has 0 spiro atoms. The van der Waals surface area contributed by atoms with Gasteiger partial charge in [-0.25, -0.2) is 4.79 Å². The van der Waals surface area contributed by atoms with Gasteiger partial charge in [0.2, 0.25) is 11.8 Å². The first-order valence-corrected chi connectivity index (χ1v) is 12.1. The molecule has 1 fully saturated rings. The van der Waals surface area contributed by atoms with Crippen molar-refractivity contribution in [3.05, 3.63) is 11.6 Å². The number of aliphatic carboxylic acids is 1. The van der Waals surface area contributed by atoms with Crippen LogP contribution < -0.4 is 5.32 Å². The molecule has 7 heteroatoms. The maximum atomic E-state index is 13.5. The van der Waals surface area contributed by atoms with Gasteiger partial charge in [-0.1, -0.05) is 47.1 Å². The minimum Gasteiger partial charge on any atom is -0.478 e. The maximum Gasteiger partial charge on any atom is 0.331 e. The Labute approximate surface area is 194 Å². The molecule has 0 bridgehead atoms. The van der Waals surface area contributed by atoms with Crippen molar-refractivity contribution in [3.8, 4) is 0 Å². The first-order valence-electron chi connectivity index (χ1n) is 12.1. The number of hydrogen-bond acceptors (Lipinski definition) is 4. The van der Waals surface area contributed by atoms with Crippen molar-refractivity contribution in [1.29, 1.82) is 0 Å². The Morgan fingerprint density at radius 1 is 1.16 bits per heavy atom. The Kier molecular flexibility index (Phi) is 11.4. The Balaban J connectivity index is 3.09. The van der Waals surface area contributed by atoms with Gasteiger partial charge in [-0.2, -0.15) is 0 Å². The molecule has 1 saturated heterocycles. The fourth-order valence-corrected chi connectivity index (χ4v) is 4.43. The molecule has 0 aromatic carbocycles. The maximum absolute atomic E-state index is 13.5. The normalized spacial score (nSPS) is 20.7. The van der Waals surface area contributed by atoms with E-state index in [4.69, 9.17) is 0 Å². The zero-order valence-electron chi connectivity index (χ0n) is 21.4. The van der Waals surface area contributed by atoms with Gasteiger partial charge in [0, 0.05) is 18.7 Å². The van der Waals surface area contributed by atoms with Crippen LogP contribution in [0.5, 0.6) is 0 Å². The number of carbonyl (C=O) groups excluding carboxylic acids is 2. The highest BCUT2D eigenvalue weighted by Crippen LogP contribution is 2.22. The van der Waals surface area contributed by atoms with Crippen LogP contribution in [0.2, 0.25) is 0 Å². The third kappa shape index (κ3) is 7.91. The van der Waals surface area contributed by atoms with Gasteiger partial charge in [-0.15, -0.1) is 0 Å². The molecule has 2 N–H and O–H groups in total. The second-order valence-corrected chi connectivity index (χ2v) is 10.0. The molecule has 1 aliphatic rings. The molecule has 0 aromatic heterocycles. The first kappa shape index (κ1) is 28.1. The molecule has 1 unspecified atom stereocenters. The van der Waals surface area contributed by atoms with Crippen molar-refractivity contribution in [2.24, 2.45) is 11.8 Å². The standard InChI is InChI=1S/C25H45N3O4/c1-9-19(7)28-13-11-10-12-21(28)23(29)26-20(14-16(2)3)24(30)27(8)22(17(4)5)15-18(6)25(31)32/h15-17,19-22H,9-14H2,1-8H3,(H,26,29)(H,31,32)/t19?,20-,21+,22+/m0/s1. The van der Waals surface area contributed by atoms with Crippen LogP contribution in [-0.2, 0) is 14.4 Å². The van der Waals surface area contributed by atoms with Crippen LogP contribution in [-0.4, -0.2) is 70.4 Å². The van der Waals surface area contributed by atoms with E-state index < -0.39 is 12.0 Å². The summed E-state index contributed by atoms with van der Waals surface area (Å²) in [5.41, 5.74) is 0.208. The highest BCUT2D eigenvalue weighted by Gasteiger charge is 2.35. The van der Waals surface area contributed by atoms with Crippen LogP contribution >= 0.6 is 0 Å². The lowest BCUT2D eigenvalue weighted by Crippen LogP contribution is -2.58. The van der Waals surface area contributed by atoms with Crippen LogP contribution in [0.1, 0.15) is 80.6 Å². The minimum atomic E-state index is -0.994. The summed E-state index contributed by atoms with van der Waals surface area (Å²) >= 11 is 0. The predicted molar refractivity (Wildman–Crippen MR) is 128 cm³/mol. The van der Waals surface area contributed by atoms with E-state index in [9.17, 15) is 19.5 Å². The van der Waals surface area contributed by atoms with Crippen LogP contribution in [0.3, 0.4) is 0 Å². The molecule has 32 heavy (non-hydrogen) atoms. The molecule has 1 aliphatic heterocycles. The molecule has 4 atom stereocenters. The molecular weight excluding hydrogens is 406 g/mol. The molecule has 1 rings (SSSR count). The fourth-order valence-electron chi connectivity index (χ4n) is 4.43. The molecule has 1 heterocycles. The number of rotatable bonds is 11. The van der Waals surface area contributed by atoms with Crippen molar-refractivity contribution in [2.45, 2.75) is 105 Å². The smallest absolute Gasteiger partial charge is 0.331 e. The van der Waals surface area contributed by atoms with Crippen molar-refractivity contribution in [1.82, 2.24) is 15.1 Å². The zero-order valence-corrected chi connectivity index (χ0v) is 21.4. The number of hydrogen-bond donors (Lipinski definition) is 2. The highest BCUT2D eigenvalue weighted by atomic mass is 16.4. The van der Waals surface area contributed by atoms with Gasteiger partial charge in [-0.3, -0.25) is 14.5 Å². The molecular formula is C25H45N3O4. The topological polar surface area (TPSA) is 90.0 Å². The van der Waals surface area contributed by atoms with Gasteiger partial charge in [0.05, 0.1) is 12.1 Å². The van der Waals surface area contributed by atoms with E-state index in [1.807, 2.05) is 27.7 Å². The predicted octanol–water partition coefficient (Wildman–Crippen LogP) is 3.68. The zero-order chi connectivity index (χ0) is 24.6. The summed E-state index contributed by atoms with van der Waals surface area (Å²) in [4.78, 5) is 42.0. The molecule has 0 radical (unpaired) electrons. The SMILES string of the molecule is CCC(C)N1CCCC[C@@H]1C(=O)N[C@@H](CC(C)C)C(=O)N(C)[C@H](C=C(C)C(=O)O)C(C)C. The molecule has 0 saturated carbocycles. The number of nitrogens with zero attached hydrogens (tertiary/aromatic N) is 2. The minimum absolute atomic E-state index is 0.0351. The summed E-state index contributed by atoms with van der Waals surface area (Å²) in [6.07, 6.45) is 6.07. The van der Waals surface area contributed by atoms with E-state index in [0.29, 0.717) is 12.5 Å². The monoisotopic (exact) mass is 451 g/mol. The van der Waals surface area contributed by atoms with Crippen molar-refractivity contribution >= 4 is 17.8 Å². The van der Waals surface area contributed by atoms with Crippen LogP contribution in [0.25, 0.3) is 0 Å². The summed E-state index contributed by atoms with van der Waals surface area (Å²) in [5.74, 6) is -0.982. The summed E-state index contributed by atoms with van der Waals surface area (Å²) in [6.45, 7) is 14.7. The molecule has 7 nitrogen and oxygen atoms in total. The average molecular weight is 452 g/mol. The van der Waals surface area contributed by atoms with E-state index in [-0.39, 0.29) is 41.3 Å². The number of carbonyl (C=O) groups is 3. The number of carboxylic acids is 1. The summed E-state index contributed by atoms with van der Waals surface area (Å²) < 4.78 is 0. The molecule has 184 valence electrons. The number of carboxylic acid groups (broad SMARTS) is 1. The third-order valence-corrected chi connectivity index (χ3v) is 6.56. The number of likely N-dealkylation sites (tertiary alicyclic amines) is 1. The number of nitrogens with one attached hydrogen (secondary N) is 1. The Morgan fingerprint density at radius 3 is 2.28 bits per heavy atom. The van der Waals surface area contributed by atoms with Crippen LogP contribution in [0.4, 0.5) is 0 Å². The molecule has 0 aromatic rings. The van der Waals surface area contributed by atoms with Gasteiger partial charge in [0.25, 0.3) is 0 Å². The summed E-state index contributed by atoms with van der Waals surface area (Å²) in [7, 11) is 1.70. The van der Waals surface area contributed by atoms with E-state index in [1.54, 1.807) is 18.0 Å². The van der Waals surface area contributed by atoms with Crippen molar-refractivity contribution in [3.63, 3.8) is 0 Å². The van der Waals surface area contributed by atoms with Gasteiger partial charge in [0.15, 0.2) is 0 Å². The molecule has 2 amide bonds. The Morgan fingerprint density at radius 2 is 1.78 bits per heavy atom. The van der Waals surface area contributed by atoms with Gasteiger partial charge in [-0.05, 0) is 57.9 Å². The average Bonchev–Trinajstić information content (AvgIpc) is 2.74. The number of likely N-dealkylation sites (N-methyl/N-ethyl adjacent to an activating group) is 1. The summed E-state index contributed by atoms with van der Waals surface area (Å²) in [5, 5.41) is 12.3. The van der Waals surface area contributed by atoms with Crippen LogP contribution in [0.15, 0.2) is 11.6 Å². The second-order valence-electron chi connectivity index (χ2n) is 10.0. The van der Waals surface area contributed by atoms with E-state index in [1.165, 1.54) is 6.92 Å². The van der Waals surface area contributed by atoms with Crippen molar-refractivity contribution in [2.75, 3.05) is 13.6 Å². The fraction of sp³-hybridized carbons (Fsp3) is 0.800. The number of piperidine rings is 1. The third-order valence-electron chi connectivity index (χ3n) is 6.56. The van der Waals surface area contributed by atoms with Gasteiger partial charge < -0.3 is 15.3 Å². The lowest BCUT2D eigenvalue weighted by Gasteiger charge is -2.39. The van der Waals surface area contributed by atoms with Gasteiger partial charge >= 0.3 is 5.97 Å². The molecule has 0 aliphatic carbocycles. The van der Waals surface area contributed by atoms with Crippen molar-refractivity contribution < 1.29 is 19.5 Å². The Hall–Kier alpha value is -1.89. The number of amides is 2. The first-order chi connectivity index (χ1) is 14.9. The van der Waals surface area contributed by atoms with Gasteiger partial charge in [0.1, 0.15) is 6.04 Å². The van der Waals surface area contributed by atoms with E-state index in [2.05, 4.69) is 24.1 Å². The largest absolute Gasteiger partial charge is 0.478 e.